The first-order valence-electron chi connectivity index (χ1n) is 8.72. The number of nitrogens with one attached hydrogen (secondary N) is 2. The number of hydrogen-bond donors (Lipinski definition) is 2. The van der Waals surface area contributed by atoms with Crippen molar-refractivity contribution < 1.29 is 9.47 Å². The van der Waals surface area contributed by atoms with Crippen LogP contribution in [0.15, 0.2) is 35.8 Å². The summed E-state index contributed by atoms with van der Waals surface area (Å²) in [4.78, 5) is 4.62. The van der Waals surface area contributed by atoms with Crippen LogP contribution in [-0.4, -0.2) is 41.5 Å². The summed E-state index contributed by atoms with van der Waals surface area (Å²) in [6.07, 6.45) is 1.78. The van der Waals surface area contributed by atoms with Crippen LogP contribution in [0, 0.1) is 6.92 Å². The Morgan fingerprint density at radius 1 is 1.33 bits per heavy atom. The Morgan fingerprint density at radius 2 is 2.11 bits per heavy atom. The van der Waals surface area contributed by atoms with Gasteiger partial charge in [0.1, 0.15) is 23.9 Å². The number of hydrogen-bond acceptors (Lipinski definition) is 5. The molecule has 0 bridgehead atoms. The minimum atomic E-state index is -0.0626. The second-order valence-electron chi connectivity index (χ2n) is 6.03. The van der Waals surface area contributed by atoms with Gasteiger partial charge in [-0.05, 0) is 32.0 Å². The fourth-order valence-corrected chi connectivity index (χ4v) is 2.52. The van der Waals surface area contributed by atoms with E-state index in [1.165, 1.54) is 0 Å². The number of ether oxygens (including phenoxy) is 2. The third-order valence-corrected chi connectivity index (χ3v) is 4.23. The van der Waals surface area contributed by atoms with Gasteiger partial charge in [-0.2, -0.15) is 0 Å². The van der Waals surface area contributed by atoms with Gasteiger partial charge in [-0.1, -0.05) is 6.08 Å². The number of benzene rings is 1. The average Bonchev–Trinajstić information content (AvgIpc) is 3.01. The number of aliphatic imine (C=N–C) groups is 1. The summed E-state index contributed by atoms with van der Waals surface area (Å²) >= 11 is 0. The summed E-state index contributed by atoms with van der Waals surface area (Å²) < 4.78 is 12.7. The smallest absolute Gasteiger partial charge is 0.192 e. The Labute approximate surface area is 160 Å². The fraction of sp³-hybridized carbons (Fsp3) is 0.421. The molecule has 8 nitrogen and oxygen atoms in total. The summed E-state index contributed by atoms with van der Waals surface area (Å²) in [5, 5.41) is 14.8. The van der Waals surface area contributed by atoms with Crippen molar-refractivity contribution in [1.82, 2.24) is 25.4 Å². The molecule has 1 aromatic heterocycles. The number of guanidine groups is 1. The lowest BCUT2D eigenvalue weighted by molar-refractivity contribution is 0.394. The Kier molecular flexibility index (Phi) is 7.22. The molecule has 0 aliphatic heterocycles. The van der Waals surface area contributed by atoms with E-state index >= 15 is 0 Å². The molecule has 2 N–H and O–H groups in total. The van der Waals surface area contributed by atoms with Crippen LogP contribution in [0.2, 0.25) is 0 Å². The highest BCUT2D eigenvalue weighted by Crippen LogP contribution is 2.29. The zero-order chi connectivity index (χ0) is 19.8. The molecule has 2 rings (SSSR count). The van der Waals surface area contributed by atoms with E-state index in [2.05, 4.69) is 32.4 Å². The van der Waals surface area contributed by atoms with Crippen LogP contribution in [0.25, 0.3) is 0 Å². The van der Waals surface area contributed by atoms with Gasteiger partial charge in [-0.3, -0.25) is 0 Å². The van der Waals surface area contributed by atoms with Gasteiger partial charge in [-0.25, -0.2) is 4.99 Å². The van der Waals surface area contributed by atoms with E-state index in [0.717, 1.165) is 28.7 Å². The lowest BCUT2D eigenvalue weighted by Gasteiger charge is -2.20. The highest BCUT2D eigenvalue weighted by Gasteiger charge is 2.15. The number of rotatable bonds is 8. The van der Waals surface area contributed by atoms with E-state index in [9.17, 15) is 0 Å². The predicted octanol–water partition coefficient (Wildman–Crippen LogP) is 2.12. The van der Waals surface area contributed by atoms with E-state index in [4.69, 9.17) is 9.47 Å². The molecule has 0 amide bonds. The topological polar surface area (TPSA) is 85.6 Å². The maximum absolute atomic E-state index is 5.48. The molecule has 27 heavy (non-hydrogen) atoms. The molecule has 0 saturated heterocycles. The number of nitrogens with zero attached hydrogens (tertiary/aromatic N) is 4. The second-order valence-corrected chi connectivity index (χ2v) is 6.03. The van der Waals surface area contributed by atoms with Crippen molar-refractivity contribution in [3.63, 3.8) is 0 Å². The quantitative estimate of drug-likeness (QED) is 0.419. The fourth-order valence-electron chi connectivity index (χ4n) is 2.52. The van der Waals surface area contributed by atoms with Crippen LogP contribution in [0.4, 0.5) is 0 Å². The first-order chi connectivity index (χ1) is 13.0. The maximum atomic E-state index is 5.48. The molecule has 0 aliphatic rings. The van der Waals surface area contributed by atoms with Crippen LogP contribution >= 0.6 is 0 Å². The molecule has 1 unspecified atom stereocenters. The van der Waals surface area contributed by atoms with E-state index in [1.54, 1.807) is 20.3 Å². The summed E-state index contributed by atoms with van der Waals surface area (Å²) in [5.41, 5.74) is 0.972. The zero-order valence-corrected chi connectivity index (χ0v) is 16.6. The van der Waals surface area contributed by atoms with Gasteiger partial charge in [0.15, 0.2) is 11.8 Å². The highest BCUT2D eigenvalue weighted by atomic mass is 16.5. The molecular formula is C19H28N6O2. The summed E-state index contributed by atoms with van der Waals surface area (Å²) in [5.74, 6) is 3.84. The zero-order valence-electron chi connectivity index (χ0n) is 16.6. The third-order valence-electron chi connectivity index (χ3n) is 4.23. The SMILES string of the molecule is C=CCNC(=NCc1nnc(C)n1C)NC(C)c1cc(OC)ccc1OC. The third kappa shape index (κ3) is 5.22. The normalized spacial score (nSPS) is 12.4. The lowest BCUT2D eigenvalue weighted by atomic mass is 10.1. The number of aryl methyl sites for hydroxylation is 1. The van der Waals surface area contributed by atoms with Gasteiger partial charge in [0, 0.05) is 19.2 Å². The molecule has 0 radical (unpaired) electrons. The monoisotopic (exact) mass is 372 g/mol. The van der Waals surface area contributed by atoms with Gasteiger partial charge in [0.2, 0.25) is 0 Å². The number of methoxy groups -OCH3 is 2. The Morgan fingerprint density at radius 3 is 2.70 bits per heavy atom. The average molecular weight is 372 g/mol. The maximum Gasteiger partial charge on any atom is 0.192 e. The minimum Gasteiger partial charge on any atom is -0.497 e. The summed E-state index contributed by atoms with van der Waals surface area (Å²) in [7, 11) is 5.22. The molecule has 1 heterocycles. The van der Waals surface area contributed by atoms with E-state index in [-0.39, 0.29) is 6.04 Å². The summed E-state index contributed by atoms with van der Waals surface area (Å²) in [6.45, 7) is 8.69. The minimum absolute atomic E-state index is 0.0626. The van der Waals surface area contributed by atoms with E-state index < -0.39 is 0 Å². The molecule has 0 fully saturated rings. The summed E-state index contributed by atoms with van der Waals surface area (Å²) in [6, 6.07) is 5.65. The van der Waals surface area contributed by atoms with Gasteiger partial charge in [0.25, 0.3) is 0 Å². The molecule has 0 saturated carbocycles. The van der Waals surface area contributed by atoms with Gasteiger partial charge >= 0.3 is 0 Å². The first kappa shape index (κ1) is 20.3. The van der Waals surface area contributed by atoms with Crippen LogP contribution in [0.5, 0.6) is 11.5 Å². The van der Waals surface area contributed by atoms with Crippen molar-refractivity contribution in [2.75, 3.05) is 20.8 Å². The van der Waals surface area contributed by atoms with Crippen LogP contribution < -0.4 is 20.1 Å². The van der Waals surface area contributed by atoms with E-state index in [1.807, 2.05) is 43.7 Å². The Balaban J connectivity index is 2.20. The van der Waals surface area contributed by atoms with Crippen molar-refractivity contribution in [3.05, 3.63) is 48.1 Å². The number of aromatic nitrogens is 3. The largest absolute Gasteiger partial charge is 0.497 e. The standard InChI is InChI=1S/C19H28N6O2/c1-7-10-20-19(21-12-18-24-23-14(3)25(18)4)22-13(2)16-11-15(26-5)8-9-17(16)27-6/h7-9,11,13H,1,10,12H2,2-6H3,(H2,20,21,22). The first-order valence-corrected chi connectivity index (χ1v) is 8.72. The van der Waals surface area contributed by atoms with Gasteiger partial charge < -0.3 is 24.7 Å². The highest BCUT2D eigenvalue weighted by molar-refractivity contribution is 5.80. The van der Waals surface area contributed by atoms with Crippen molar-refractivity contribution in [2.24, 2.45) is 12.0 Å². The Hall–Kier alpha value is -3.03. The van der Waals surface area contributed by atoms with Crippen molar-refractivity contribution in [1.29, 1.82) is 0 Å². The molecule has 146 valence electrons. The van der Waals surface area contributed by atoms with Crippen LogP contribution in [0.1, 0.15) is 30.2 Å². The van der Waals surface area contributed by atoms with Crippen LogP contribution in [-0.2, 0) is 13.6 Å². The Bertz CT molecular complexity index is 799. The molecule has 1 aromatic carbocycles. The molecule has 0 spiro atoms. The molecular weight excluding hydrogens is 344 g/mol. The van der Waals surface area contributed by atoms with Gasteiger partial charge in [-0.15, -0.1) is 16.8 Å². The molecule has 0 aliphatic carbocycles. The predicted molar refractivity (Wildman–Crippen MR) is 106 cm³/mol. The van der Waals surface area contributed by atoms with Crippen LogP contribution in [0.3, 0.4) is 0 Å². The molecule has 2 aromatic rings. The van der Waals surface area contributed by atoms with Crippen molar-refractivity contribution in [2.45, 2.75) is 26.4 Å². The second kappa shape index (κ2) is 9.61. The lowest BCUT2D eigenvalue weighted by Crippen LogP contribution is -2.39. The van der Waals surface area contributed by atoms with Crippen molar-refractivity contribution >= 4 is 5.96 Å². The van der Waals surface area contributed by atoms with Crippen molar-refractivity contribution in [3.8, 4) is 11.5 Å². The van der Waals surface area contributed by atoms with Gasteiger partial charge in [0.05, 0.1) is 20.3 Å². The van der Waals surface area contributed by atoms with E-state index in [0.29, 0.717) is 19.0 Å². The molecule has 1 atom stereocenters. The molecule has 8 heteroatoms.